The molecule has 0 bridgehead atoms. The number of nitrogens with zero attached hydrogens (tertiary/aromatic N) is 2. The number of aryl methyl sites for hydroxylation is 1. The van der Waals surface area contributed by atoms with Crippen molar-refractivity contribution >= 4 is 0 Å². The molecule has 1 aromatic heterocycles. The maximum atomic E-state index is 5.86. The average molecular weight is 259 g/mol. The SMILES string of the molecule is CC(N)Cc1ccccc1OCCc1cnn(C)c1. The van der Waals surface area contributed by atoms with Crippen LogP contribution >= 0.6 is 0 Å². The molecule has 102 valence electrons. The average Bonchev–Trinajstić information content (AvgIpc) is 2.77. The molecule has 1 unspecified atom stereocenters. The molecule has 0 fully saturated rings. The van der Waals surface area contributed by atoms with Gasteiger partial charge in [0.2, 0.25) is 0 Å². The molecule has 0 spiro atoms. The Hall–Kier alpha value is -1.81. The molecule has 0 amide bonds. The number of aromatic nitrogens is 2. The van der Waals surface area contributed by atoms with Gasteiger partial charge in [-0.05, 0) is 30.5 Å². The van der Waals surface area contributed by atoms with E-state index in [1.807, 2.05) is 44.6 Å². The lowest BCUT2D eigenvalue weighted by Gasteiger charge is -2.12. The first kappa shape index (κ1) is 13.6. The number of benzene rings is 1. The number of nitrogens with two attached hydrogens (primary N) is 1. The molecule has 0 aliphatic rings. The van der Waals surface area contributed by atoms with Crippen molar-refractivity contribution in [1.82, 2.24) is 9.78 Å². The fourth-order valence-electron chi connectivity index (χ4n) is 2.04. The molecule has 0 aliphatic carbocycles. The number of hydrogen-bond acceptors (Lipinski definition) is 3. The highest BCUT2D eigenvalue weighted by Gasteiger charge is 2.05. The predicted octanol–water partition coefficient (Wildman–Crippen LogP) is 1.93. The van der Waals surface area contributed by atoms with Crippen LogP contribution in [0.4, 0.5) is 0 Å². The molecule has 1 aromatic carbocycles. The van der Waals surface area contributed by atoms with Gasteiger partial charge in [0, 0.05) is 25.7 Å². The van der Waals surface area contributed by atoms with Crippen molar-refractivity contribution in [1.29, 1.82) is 0 Å². The molecule has 2 rings (SSSR count). The lowest BCUT2D eigenvalue weighted by molar-refractivity contribution is 0.318. The molecule has 1 atom stereocenters. The number of hydrogen-bond donors (Lipinski definition) is 1. The molecule has 0 saturated heterocycles. The Labute approximate surface area is 114 Å². The van der Waals surface area contributed by atoms with Crippen LogP contribution in [0.2, 0.25) is 0 Å². The molecular formula is C15H21N3O. The molecular weight excluding hydrogens is 238 g/mol. The van der Waals surface area contributed by atoms with Crippen molar-refractivity contribution in [2.24, 2.45) is 12.8 Å². The van der Waals surface area contributed by atoms with Gasteiger partial charge in [0.1, 0.15) is 5.75 Å². The molecule has 0 radical (unpaired) electrons. The monoisotopic (exact) mass is 259 g/mol. The molecule has 19 heavy (non-hydrogen) atoms. The zero-order valence-corrected chi connectivity index (χ0v) is 11.5. The summed E-state index contributed by atoms with van der Waals surface area (Å²) in [4.78, 5) is 0. The van der Waals surface area contributed by atoms with E-state index in [-0.39, 0.29) is 6.04 Å². The van der Waals surface area contributed by atoms with Crippen molar-refractivity contribution in [2.45, 2.75) is 25.8 Å². The van der Waals surface area contributed by atoms with Gasteiger partial charge in [0.25, 0.3) is 0 Å². The fraction of sp³-hybridized carbons (Fsp3) is 0.400. The van der Waals surface area contributed by atoms with Crippen LogP contribution < -0.4 is 10.5 Å². The van der Waals surface area contributed by atoms with Gasteiger partial charge in [-0.25, -0.2) is 0 Å². The van der Waals surface area contributed by atoms with Gasteiger partial charge in [-0.2, -0.15) is 5.10 Å². The number of rotatable bonds is 6. The molecule has 4 heteroatoms. The summed E-state index contributed by atoms with van der Waals surface area (Å²) in [6.45, 7) is 2.66. The molecule has 4 nitrogen and oxygen atoms in total. The van der Waals surface area contributed by atoms with Gasteiger partial charge >= 0.3 is 0 Å². The topological polar surface area (TPSA) is 53.1 Å². The van der Waals surface area contributed by atoms with Crippen LogP contribution in [0.25, 0.3) is 0 Å². The van der Waals surface area contributed by atoms with Crippen LogP contribution in [0.5, 0.6) is 5.75 Å². The summed E-state index contributed by atoms with van der Waals surface area (Å²) in [6.07, 6.45) is 5.58. The third-order valence-electron chi connectivity index (χ3n) is 2.92. The molecule has 0 aliphatic heterocycles. The van der Waals surface area contributed by atoms with E-state index in [0.29, 0.717) is 6.61 Å². The first-order chi connectivity index (χ1) is 9.15. The predicted molar refractivity (Wildman–Crippen MR) is 76.2 cm³/mol. The normalized spacial score (nSPS) is 12.4. The number of para-hydroxylation sites is 1. The van der Waals surface area contributed by atoms with Crippen LogP contribution in [0, 0.1) is 0 Å². The highest BCUT2D eigenvalue weighted by molar-refractivity contribution is 5.33. The summed E-state index contributed by atoms with van der Waals surface area (Å²) in [5, 5.41) is 4.14. The largest absolute Gasteiger partial charge is 0.493 e. The van der Waals surface area contributed by atoms with E-state index in [0.717, 1.165) is 18.6 Å². The van der Waals surface area contributed by atoms with Gasteiger partial charge in [0.05, 0.1) is 12.8 Å². The minimum atomic E-state index is 0.142. The van der Waals surface area contributed by atoms with E-state index >= 15 is 0 Å². The van der Waals surface area contributed by atoms with E-state index in [1.165, 1.54) is 11.1 Å². The van der Waals surface area contributed by atoms with E-state index in [4.69, 9.17) is 10.5 Å². The van der Waals surface area contributed by atoms with E-state index < -0.39 is 0 Å². The highest BCUT2D eigenvalue weighted by atomic mass is 16.5. The number of ether oxygens (including phenoxy) is 1. The summed E-state index contributed by atoms with van der Waals surface area (Å²) < 4.78 is 7.66. The van der Waals surface area contributed by atoms with Crippen LogP contribution in [0.15, 0.2) is 36.7 Å². The Morgan fingerprint density at radius 3 is 2.84 bits per heavy atom. The van der Waals surface area contributed by atoms with Gasteiger partial charge in [-0.3, -0.25) is 4.68 Å². The minimum Gasteiger partial charge on any atom is -0.493 e. The summed E-state index contributed by atoms with van der Waals surface area (Å²) in [6, 6.07) is 8.22. The first-order valence-electron chi connectivity index (χ1n) is 6.59. The minimum absolute atomic E-state index is 0.142. The Morgan fingerprint density at radius 2 is 2.16 bits per heavy atom. The summed E-state index contributed by atoms with van der Waals surface area (Å²) in [5.41, 5.74) is 8.21. The molecule has 0 saturated carbocycles. The third-order valence-corrected chi connectivity index (χ3v) is 2.92. The quantitative estimate of drug-likeness (QED) is 0.862. The van der Waals surface area contributed by atoms with E-state index in [1.54, 1.807) is 4.68 Å². The lowest BCUT2D eigenvalue weighted by atomic mass is 10.1. The molecule has 2 aromatic rings. The Kier molecular flexibility index (Phi) is 4.58. The molecule has 1 heterocycles. The van der Waals surface area contributed by atoms with E-state index in [9.17, 15) is 0 Å². The lowest BCUT2D eigenvalue weighted by Crippen LogP contribution is -2.18. The standard InChI is InChI=1S/C15H21N3O/c1-12(16)9-14-5-3-4-6-15(14)19-8-7-13-10-17-18(2)11-13/h3-6,10-12H,7-9,16H2,1-2H3. The summed E-state index contributed by atoms with van der Waals surface area (Å²) in [5.74, 6) is 0.934. The second-order valence-corrected chi connectivity index (χ2v) is 4.91. The van der Waals surface area contributed by atoms with Crippen LogP contribution in [-0.4, -0.2) is 22.4 Å². The van der Waals surface area contributed by atoms with E-state index in [2.05, 4.69) is 11.2 Å². The zero-order valence-electron chi connectivity index (χ0n) is 11.5. The first-order valence-corrected chi connectivity index (χ1v) is 6.59. The van der Waals surface area contributed by atoms with Crippen molar-refractivity contribution in [3.8, 4) is 5.75 Å². The van der Waals surface area contributed by atoms with Gasteiger partial charge < -0.3 is 10.5 Å². The highest BCUT2D eigenvalue weighted by Crippen LogP contribution is 2.19. The fourth-order valence-corrected chi connectivity index (χ4v) is 2.04. The van der Waals surface area contributed by atoms with Gasteiger partial charge in [-0.1, -0.05) is 18.2 Å². The second-order valence-electron chi connectivity index (χ2n) is 4.91. The smallest absolute Gasteiger partial charge is 0.122 e. The van der Waals surface area contributed by atoms with Crippen molar-refractivity contribution in [3.63, 3.8) is 0 Å². The Balaban J connectivity index is 1.92. The maximum Gasteiger partial charge on any atom is 0.122 e. The summed E-state index contributed by atoms with van der Waals surface area (Å²) >= 11 is 0. The van der Waals surface area contributed by atoms with Gasteiger partial charge in [-0.15, -0.1) is 0 Å². The van der Waals surface area contributed by atoms with Crippen molar-refractivity contribution in [3.05, 3.63) is 47.8 Å². The Bertz CT molecular complexity index is 520. The molecule has 2 N–H and O–H groups in total. The zero-order chi connectivity index (χ0) is 13.7. The van der Waals surface area contributed by atoms with Gasteiger partial charge in [0.15, 0.2) is 0 Å². The van der Waals surface area contributed by atoms with Crippen LogP contribution in [-0.2, 0) is 19.9 Å². The summed E-state index contributed by atoms with van der Waals surface area (Å²) in [7, 11) is 1.92. The Morgan fingerprint density at radius 1 is 1.37 bits per heavy atom. The second kappa shape index (κ2) is 6.38. The van der Waals surface area contributed by atoms with Crippen LogP contribution in [0.3, 0.4) is 0 Å². The van der Waals surface area contributed by atoms with Crippen molar-refractivity contribution < 1.29 is 4.74 Å². The third kappa shape index (κ3) is 4.10. The van der Waals surface area contributed by atoms with Crippen molar-refractivity contribution in [2.75, 3.05) is 6.61 Å². The maximum absolute atomic E-state index is 5.86. The van der Waals surface area contributed by atoms with Crippen LogP contribution in [0.1, 0.15) is 18.1 Å².